The lowest BCUT2D eigenvalue weighted by Crippen LogP contribution is -2.43. The fourth-order valence-corrected chi connectivity index (χ4v) is 4.82. The summed E-state index contributed by atoms with van der Waals surface area (Å²) in [5, 5.41) is 4.18. The number of methoxy groups -OCH3 is 3. The van der Waals surface area contributed by atoms with Crippen LogP contribution in [0.1, 0.15) is 28.4 Å². The number of nitrogens with zero attached hydrogens (tertiary/aromatic N) is 1. The third-order valence-corrected chi connectivity index (χ3v) is 6.62. The van der Waals surface area contributed by atoms with E-state index in [0.29, 0.717) is 23.7 Å². The van der Waals surface area contributed by atoms with Crippen molar-refractivity contribution in [3.05, 3.63) is 83.0 Å². The van der Waals surface area contributed by atoms with Gasteiger partial charge in [0, 0.05) is 34.9 Å². The van der Waals surface area contributed by atoms with Crippen molar-refractivity contribution in [2.75, 3.05) is 33.2 Å². The number of aromatic nitrogens is 1. The fraction of sp³-hybridized carbons (Fsp3) is 0.250. The number of benzene rings is 3. The van der Waals surface area contributed by atoms with Gasteiger partial charge in [0.15, 0.2) is 11.5 Å². The van der Waals surface area contributed by atoms with Crippen molar-refractivity contribution in [3.63, 3.8) is 0 Å². The highest BCUT2D eigenvalue weighted by Gasteiger charge is 2.34. The number of nitrogens with one attached hydrogen (secondary N) is 2. The Morgan fingerprint density at radius 1 is 0.943 bits per heavy atom. The summed E-state index contributed by atoms with van der Waals surface area (Å²) < 4.78 is 16.2. The molecule has 7 heteroatoms. The third-order valence-electron chi connectivity index (χ3n) is 6.62. The van der Waals surface area contributed by atoms with Crippen LogP contribution in [0.15, 0.2) is 60.7 Å². The predicted octanol–water partition coefficient (Wildman–Crippen LogP) is 5.68. The van der Waals surface area contributed by atoms with Crippen LogP contribution in [0.3, 0.4) is 0 Å². The number of carbonyl (C=O) groups is 1. The molecule has 180 valence electrons. The van der Waals surface area contributed by atoms with Crippen LogP contribution >= 0.6 is 0 Å². The van der Waals surface area contributed by atoms with Crippen molar-refractivity contribution in [2.24, 2.45) is 0 Å². The number of fused-ring (bicyclic) bond motifs is 3. The lowest BCUT2D eigenvalue weighted by molar-refractivity contribution is 0.193. The van der Waals surface area contributed by atoms with Crippen LogP contribution in [0.5, 0.6) is 17.2 Å². The molecule has 0 saturated carbocycles. The Kier molecular flexibility index (Phi) is 5.99. The third kappa shape index (κ3) is 4.14. The van der Waals surface area contributed by atoms with Gasteiger partial charge in [-0.15, -0.1) is 0 Å². The van der Waals surface area contributed by atoms with E-state index in [4.69, 9.17) is 14.2 Å². The molecular weight excluding hydrogens is 442 g/mol. The van der Waals surface area contributed by atoms with E-state index in [9.17, 15) is 4.79 Å². The first kappa shape index (κ1) is 22.7. The molecule has 0 spiro atoms. The average Bonchev–Trinajstić information content (AvgIpc) is 3.26. The van der Waals surface area contributed by atoms with E-state index in [2.05, 4.69) is 47.6 Å². The van der Waals surface area contributed by atoms with Crippen LogP contribution in [0.4, 0.5) is 10.5 Å². The maximum atomic E-state index is 13.6. The van der Waals surface area contributed by atoms with Crippen molar-refractivity contribution >= 4 is 22.6 Å². The number of carbonyl (C=O) groups excluding carboxylic acids is 1. The molecule has 1 aliphatic heterocycles. The highest BCUT2D eigenvalue weighted by molar-refractivity contribution is 5.92. The number of anilines is 1. The molecular formula is C28H29N3O4. The zero-order chi connectivity index (χ0) is 24.5. The predicted molar refractivity (Wildman–Crippen MR) is 137 cm³/mol. The summed E-state index contributed by atoms with van der Waals surface area (Å²) in [6, 6.07) is 19.3. The Labute approximate surface area is 204 Å². The van der Waals surface area contributed by atoms with Crippen LogP contribution in [0.2, 0.25) is 0 Å². The first-order valence-corrected chi connectivity index (χ1v) is 11.6. The number of rotatable bonds is 5. The molecule has 0 bridgehead atoms. The normalized spacial score (nSPS) is 15.0. The minimum absolute atomic E-state index is 0.176. The Morgan fingerprint density at radius 2 is 1.71 bits per heavy atom. The Morgan fingerprint density at radius 3 is 2.43 bits per heavy atom. The molecule has 0 aliphatic carbocycles. The van der Waals surface area contributed by atoms with Crippen molar-refractivity contribution in [1.29, 1.82) is 0 Å². The van der Waals surface area contributed by atoms with Gasteiger partial charge in [-0.3, -0.25) is 0 Å². The van der Waals surface area contributed by atoms with E-state index >= 15 is 0 Å². The van der Waals surface area contributed by atoms with Crippen LogP contribution in [-0.2, 0) is 6.42 Å². The zero-order valence-corrected chi connectivity index (χ0v) is 20.3. The van der Waals surface area contributed by atoms with Gasteiger partial charge < -0.3 is 29.4 Å². The molecule has 7 nitrogen and oxygen atoms in total. The summed E-state index contributed by atoms with van der Waals surface area (Å²) in [5.41, 5.74) is 6.16. The van der Waals surface area contributed by atoms with Gasteiger partial charge in [-0.1, -0.05) is 29.8 Å². The van der Waals surface area contributed by atoms with Crippen LogP contribution in [0.25, 0.3) is 10.9 Å². The quantitative estimate of drug-likeness (QED) is 0.393. The minimum atomic E-state index is -0.252. The van der Waals surface area contributed by atoms with E-state index < -0.39 is 0 Å². The van der Waals surface area contributed by atoms with Crippen molar-refractivity contribution < 1.29 is 19.0 Å². The zero-order valence-electron chi connectivity index (χ0n) is 20.3. The van der Waals surface area contributed by atoms with Gasteiger partial charge in [-0.05, 0) is 54.8 Å². The van der Waals surface area contributed by atoms with Crippen LogP contribution in [-0.4, -0.2) is 43.8 Å². The van der Waals surface area contributed by atoms with Gasteiger partial charge in [0.1, 0.15) is 5.75 Å². The average molecular weight is 472 g/mol. The van der Waals surface area contributed by atoms with E-state index in [0.717, 1.165) is 34.3 Å². The SMILES string of the molecule is COc1ccc2[nH]c3c(c2c1)CCN(C(=O)Nc1ccc(OC)c(OC)c1)C3c1ccc(C)cc1. The van der Waals surface area contributed by atoms with Gasteiger partial charge in [0.25, 0.3) is 0 Å². The summed E-state index contributed by atoms with van der Waals surface area (Å²) in [4.78, 5) is 19.1. The molecule has 5 rings (SSSR count). The van der Waals surface area contributed by atoms with Gasteiger partial charge in [-0.25, -0.2) is 4.79 Å². The highest BCUT2D eigenvalue weighted by Crippen LogP contribution is 2.40. The number of hydrogen-bond donors (Lipinski definition) is 2. The molecule has 4 aromatic rings. The smallest absolute Gasteiger partial charge is 0.322 e. The minimum Gasteiger partial charge on any atom is -0.497 e. The van der Waals surface area contributed by atoms with Gasteiger partial charge in [0.05, 0.1) is 27.4 Å². The van der Waals surface area contributed by atoms with E-state index in [1.807, 2.05) is 23.1 Å². The van der Waals surface area contributed by atoms with Crippen LogP contribution in [0, 0.1) is 6.92 Å². The van der Waals surface area contributed by atoms with Gasteiger partial charge >= 0.3 is 6.03 Å². The number of H-pyrrole nitrogens is 1. The van der Waals surface area contributed by atoms with E-state index in [-0.39, 0.29) is 12.1 Å². The number of ether oxygens (including phenoxy) is 3. The number of aromatic amines is 1. The topological polar surface area (TPSA) is 75.8 Å². The first-order chi connectivity index (χ1) is 17.0. The molecule has 0 radical (unpaired) electrons. The first-order valence-electron chi connectivity index (χ1n) is 11.6. The lowest BCUT2D eigenvalue weighted by atomic mass is 9.92. The Bertz CT molecular complexity index is 1380. The second-order valence-corrected chi connectivity index (χ2v) is 8.69. The summed E-state index contributed by atoms with van der Waals surface area (Å²) in [5.74, 6) is 1.99. The number of hydrogen-bond acceptors (Lipinski definition) is 4. The summed E-state index contributed by atoms with van der Waals surface area (Å²) >= 11 is 0. The molecule has 2 N–H and O–H groups in total. The molecule has 2 heterocycles. The van der Waals surface area contributed by atoms with Crippen molar-refractivity contribution in [3.8, 4) is 17.2 Å². The summed E-state index contributed by atoms with van der Waals surface area (Å²) in [7, 11) is 4.84. The second-order valence-electron chi connectivity index (χ2n) is 8.69. The Hall–Kier alpha value is -4.13. The maximum Gasteiger partial charge on any atom is 0.322 e. The molecule has 3 aromatic carbocycles. The molecule has 1 aliphatic rings. The lowest BCUT2D eigenvalue weighted by Gasteiger charge is -2.36. The summed E-state index contributed by atoms with van der Waals surface area (Å²) in [6.45, 7) is 2.64. The fourth-order valence-electron chi connectivity index (χ4n) is 4.82. The summed E-state index contributed by atoms with van der Waals surface area (Å²) in [6.07, 6.45) is 0.740. The molecule has 35 heavy (non-hydrogen) atoms. The van der Waals surface area contributed by atoms with Gasteiger partial charge in [0.2, 0.25) is 0 Å². The molecule has 0 saturated heterocycles. The van der Waals surface area contributed by atoms with Crippen molar-refractivity contribution in [2.45, 2.75) is 19.4 Å². The largest absolute Gasteiger partial charge is 0.497 e. The van der Waals surface area contributed by atoms with E-state index in [1.54, 1.807) is 33.5 Å². The standard InChI is InChI=1S/C28H29N3O4/c1-17-5-7-18(8-6-17)27-26-21(22-16-20(33-2)10-11-23(22)30-26)13-14-31(27)28(32)29-19-9-12-24(34-3)25(15-19)35-4/h5-12,15-16,27,30H,13-14H2,1-4H3,(H,29,32). The van der Waals surface area contributed by atoms with Crippen molar-refractivity contribution in [1.82, 2.24) is 9.88 Å². The van der Waals surface area contributed by atoms with Gasteiger partial charge in [-0.2, -0.15) is 0 Å². The molecule has 1 unspecified atom stereocenters. The monoisotopic (exact) mass is 471 g/mol. The van der Waals surface area contributed by atoms with Crippen LogP contribution < -0.4 is 19.5 Å². The molecule has 1 aromatic heterocycles. The van der Waals surface area contributed by atoms with E-state index in [1.165, 1.54) is 11.1 Å². The molecule has 2 amide bonds. The molecule has 1 atom stereocenters. The highest BCUT2D eigenvalue weighted by atomic mass is 16.5. The maximum absolute atomic E-state index is 13.6. The molecule has 0 fully saturated rings. The number of amides is 2. The second kappa shape index (κ2) is 9.25. The number of aryl methyl sites for hydroxylation is 1. The number of urea groups is 1. The Balaban J connectivity index is 1.54.